The summed E-state index contributed by atoms with van der Waals surface area (Å²) in [6.45, 7) is 3.03. The average Bonchev–Trinajstić information content (AvgIpc) is 2.66. The van der Waals surface area contributed by atoms with Gasteiger partial charge in [0.2, 0.25) is 0 Å². The molecule has 0 bridgehead atoms. The lowest BCUT2D eigenvalue weighted by Gasteiger charge is -2.45. The summed E-state index contributed by atoms with van der Waals surface area (Å²) in [5.74, 6) is 0.639. The zero-order valence-electron chi connectivity index (χ0n) is 10.2. The molecule has 5 heteroatoms. The van der Waals surface area contributed by atoms with E-state index < -0.39 is 11.5 Å². The van der Waals surface area contributed by atoms with Crippen LogP contribution in [0.5, 0.6) is 0 Å². The minimum Gasteiger partial charge on any atom is -0.441 e. The minimum atomic E-state index is -0.600. The van der Waals surface area contributed by atoms with Crippen LogP contribution in [0.4, 0.5) is 0 Å². The summed E-state index contributed by atoms with van der Waals surface area (Å²) in [6.07, 6.45) is -0.600. The number of fused-ring (bicyclic) bond motifs is 1. The highest BCUT2D eigenvalue weighted by Crippen LogP contribution is 2.36. The Morgan fingerprint density at radius 3 is 2.89 bits per heavy atom. The Hall–Kier alpha value is -1.43. The Labute approximate surface area is 105 Å². The second kappa shape index (κ2) is 4.05. The second-order valence-electron chi connectivity index (χ2n) is 4.82. The minimum absolute atomic E-state index is 0.221. The van der Waals surface area contributed by atoms with E-state index in [4.69, 9.17) is 14.9 Å². The molecule has 18 heavy (non-hydrogen) atoms. The average molecular weight is 248 g/mol. The number of rotatable bonds is 3. The van der Waals surface area contributed by atoms with Crippen LogP contribution < -0.4 is 5.73 Å². The zero-order chi connectivity index (χ0) is 12.8. The molecule has 3 N–H and O–H groups in total. The molecule has 1 aromatic carbocycles. The van der Waals surface area contributed by atoms with Gasteiger partial charge in [0.05, 0.1) is 24.7 Å². The molecule has 0 amide bonds. The maximum absolute atomic E-state index is 10.1. The summed E-state index contributed by atoms with van der Waals surface area (Å²) in [4.78, 5) is 4.31. The summed E-state index contributed by atoms with van der Waals surface area (Å²) in [5.41, 5.74) is 7.76. The Balaban J connectivity index is 2.07. The Morgan fingerprint density at radius 2 is 2.28 bits per heavy atom. The van der Waals surface area contributed by atoms with E-state index >= 15 is 0 Å². The van der Waals surface area contributed by atoms with E-state index in [2.05, 4.69) is 4.98 Å². The number of hydrogen-bond donors (Lipinski definition) is 2. The van der Waals surface area contributed by atoms with E-state index in [9.17, 15) is 5.11 Å². The van der Waals surface area contributed by atoms with Crippen LogP contribution in [0.1, 0.15) is 11.5 Å². The highest BCUT2D eigenvalue weighted by Gasteiger charge is 2.46. The molecule has 2 aromatic rings. The Bertz CT molecular complexity index is 575. The molecule has 2 heterocycles. The topological polar surface area (TPSA) is 81.5 Å². The first-order valence-corrected chi connectivity index (χ1v) is 5.99. The van der Waals surface area contributed by atoms with Crippen LogP contribution in [0.2, 0.25) is 0 Å². The third kappa shape index (κ3) is 1.55. The molecule has 1 aliphatic rings. The molecule has 1 aromatic heterocycles. The highest BCUT2D eigenvalue weighted by atomic mass is 16.5. The van der Waals surface area contributed by atoms with Gasteiger partial charge in [-0.15, -0.1) is 0 Å². The van der Waals surface area contributed by atoms with E-state index in [0.717, 1.165) is 16.7 Å². The highest BCUT2D eigenvalue weighted by molar-refractivity contribution is 5.74. The van der Waals surface area contributed by atoms with Crippen molar-refractivity contribution in [2.45, 2.75) is 18.4 Å². The van der Waals surface area contributed by atoms with Crippen molar-refractivity contribution >= 4 is 11.1 Å². The molecule has 1 atom stereocenters. The van der Waals surface area contributed by atoms with Crippen molar-refractivity contribution in [1.29, 1.82) is 0 Å². The number of aliphatic hydroxyl groups is 1. The van der Waals surface area contributed by atoms with Crippen LogP contribution in [-0.2, 0) is 10.2 Å². The van der Waals surface area contributed by atoms with Gasteiger partial charge < -0.3 is 20.0 Å². The fourth-order valence-corrected chi connectivity index (χ4v) is 2.45. The standard InChI is InChI=1S/C13H16N2O3/c1-8-15-10-4-9(2-3-11(10)18-8)13(6-17-7-13)12(16)5-14/h2-4,12,16H,5-7,14H2,1H3. The fourth-order valence-electron chi connectivity index (χ4n) is 2.45. The predicted octanol–water partition coefficient (Wildman–Crippen LogP) is 0.724. The summed E-state index contributed by atoms with van der Waals surface area (Å²) in [7, 11) is 0. The van der Waals surface area contributed by atoms with E-state index in [1.54, 1.807) is 0 Å². The first kappa shape index (κ1) is 11.6. The van der Waals surface area contributed by atoms with E-state index in [0.29, 0.717) is 19.1 Å². The maximum atomic E-state index is 10.1. The lowest BCUT2D eigenvalue weighted by atomic mass is 9.74. The van der Waals surface area contributed by atoms with Gasteiger partial charge in [0.15, 0.2) is 11.5 Å². The van der Waals surface area contributed by atoms with E-state index in [-0.39, 0.29) is 6.54 Å². The summed E-state index contributed by atoms with van der Waals surface area (Å²) in [6, 6.07) is 5.79. The van der Waals surface area contributed by atoms with Crippen LogP contribution >= 0.6 is 0 Å². The van der Waals surface area contributed by atoms with Crippen LogP contribution in [0, 0.1) is 6.92 Å². The molecular weight excluding hydrogens is 232 g/mol. The van der Waals surface area contributed by atoms with Crippen molar-refractivity contribution in [3.05, 3.63) is 29.7 Å². The van der Waals surface area contributed by atoms with Crippen molar-refractivity contribution in [3.63, 3.8) is 0 Å². The van der Waals surface area contributed by atoms with Crippen LogP contribution in [-0.4, -0.2) is 36.0 Å². The molecule has 96 valence electrons. The molecule has 1 unspecified atom stereocenters. The van der Waals surface area contributed by atoms with Gasteiger partial charge in [0.1, 0.15) is 5.52 Å². The van der Waals surface area contributed by atoms with Gasteiger partial charge in [-0.2, -0.15) is 0 Å². The van der Waals surface area contributed by atoms with Gasteiger partial charge >= 0.3 is 0 Å². The number of hydrogen-bond acceptors (Lipinski definition) is 5. The van der Waals surface area contributed by atoms with Gasteiger partial charge in [0.25, 0.3) is 0 Å². The summed E-state index contributed by atoms with van der Waals surface area (Å²) >= 11 is 0. The molecular formula is C13H16N2O3. The number of oxazole rings is 1. The number of aliphatic hydroxyl groups excluding tert-OH is 1. The first-order chi connectivity index (χ1) is 8.65. The molecule has 0 radical (unpaired) electrons. The molecule has 3 rings (SSSR count). The van der Waals surface area contributed by atoms with Crippen molar-refractivity contribution in [2.24, 2.45) is 5.73 Å². The molecule has 5 nitrogen and oxygen atoms in total. The molecule has 0 aliphatic carbocycles. The molecule has 1 saturated heterocycles. The Kier molecular flexibility index (Phi) is 2.62. The number of nitrogens with two attached hydrogens (primary N) is 1. The van der Waals surface area contributed by atoms with Crippen LogP contribution in [0.25, 0.3) is 11.1 Å². The normalized spacial score (nSPS) is 19.7. The number of nitrogens with zero attached hydrogens (tertiary/aromatic N) is 1. The number of benzene rings is 1. The maximum Gasteiger partial charge on any atom is 0.192 e. The van der Waals surface area contributed by atoms with Gasteiger partial charge in [-0.3, -0.25) is 0 Å². The molecule has 1 aliphatic heterocycles. The van der Waals surface area contributed by atoms with Gasteiger partial charge in [-0.1, -0.05) is 6.07 Å². The van der Waals surface area contributed by atoms with Crippen LogP contribution in [0.15, 0.2) is 22.6 Å². The summed E-state index contributed by atoms with van der Waals surface area (Å²) in [5, 5.41) is 10.1. The number of ether oxygens (including phenoxy) is 1. The smallest absolute Gasteiger partial charge is 0.192 e. The third-order valence-corrected chi connectivity index (χ3v) is 3.65. The third-order valence-electron chi connectivity index (χ3n) is 3.65. The predicted molar refractivity (Wildman–Crippen MR) is 66.3 cm³/mol. The Morgan fingerprint density at radius 1 is 1.50 bits per heavy atom. The van der Waals surface area contributed by atoms with Crippen molar-refractivity contribution in [3.8, 4) is 0 Å². The first-order valence-electron chi connectivity index (χ1n) is 5.99. The molecule has 1 fully saturated rings. The zero-order valence-corrected chi connectivity index (χ0v) is 10.2. The van der Waals surface area contributed by atoms with Crippen molar-refractivity contribution in [2.75, 3.05) is 19.8 Å². The van der Waals surface area contributed by atoms with Gasteiger partial charge in [-0.25, -0.2) is 4.98 Å². The largest absolute Gasteiger partial charge is 0.441 e. The second-order valence-corrected chi connectivity index (χ2v) is 4.82. The van der Waals surface area contributed by atoms with Crippen molar-refractivity contribution in [1.82, 2.24) is 4.98 Å². The van der Waals surface area contributed by atoms with Gasteiger partial charge in [0, 0.05) is 13.5 Å². The fraction of sp³-hybridized carbons (Fsp3) is 0.462. The molecule has 0 saturated carbocycles. The number of aryl methyl sites for hydroxylation is 1. The van der Waals surface area contributed by atoms with Crippen molar-refractivity contribution < 1.29 is 14.3 Å². The SMILES string of the molecule is Cc1nc2cc(C3(C(O)CN)COC3)ccc2o1. The lowest BCUT2D eigenvalue weighted by molar-refractivity contribution is -0.116. The molecule has 0 spiro atoms. The van der Waals surface area contributed by atoms with E-state index in [1.807, 2.05) is 25.1 Å². The van der Waals surface area contributed by atoms with E-state index in [1.165, 1.54) is 0 Å². The quantitative estimate of drug-likeness (QED) is 0.836. The monoisotopic (exact) mass is 248 g/mol. The summed E-state index contributed by atoms with van der Waals surface area (Å²) < 4.78 is 10.7. The van der Waals surface area contributed by atoms with Gasteiger partial charge in [-0.05, 0) is 17.7 Å². The van der Waals surface area contributed by atoms with Crippen LogP contribution in [0.3, 0.4) is 0 Å². The number of aromatic nitrogens is 1. The lowest BCUT2D eigenvalue weighted by Crippen LogP contribution is -2.57.